The molecule has 1 unspecified atom stereocenters. The van der Waals surface area contributed by atoms with Crippen LogP contribution in [0.4, 0.5) is 0 Å². The van der Waals surface area contributed by atoms with Crippen LogP contribution in [0, 0.1) is 0 Å². The second-order valence-electron chi connectivity index (χ2n) is 4.55. The van der Waals surface area contributed by atoms with Gasteiger partial charge < -0.3 is 14.0 Å². The molecule has 1 aliphatic heterocycles. The summed E-state index contributed by atoms with van der Waals surface area (Å²) in [5.41, 5.74) is 1.74. The molecule has 5 nitrogen and oxygen atoms in total. The fraction of sp³-hybridized carbons (Fsp3) is 0.538. The molecule has 0 bridgehead atoms. The lowest BCUT2D eigenvalue weighted by atomic mass is 10.2. The van der Waals surface area contributed by atoms with Crippen LogP contribution in [0.25, 0.3) is 11.2 Å². The van der Waals surface area contributed by atoms with Crippen molar-refractivity contribution in [3.8, 4) is 5.88 Å². The zero-order chi connectivity index (χ0) is 13.2. The minimum absolute atomic E-state index is 0.294. The highest BCUT2D eigenvalue weighted by molar-refractivity contribution is 6.17. The number of hydrogen-bond acceptors (Lipinski definition) is 4. The van der Waals surface area contributed by atoms with E-state index in [0.717, 1.165) is 36.4 Å². The largest absolute Gasteiger partial charge is 0.481 e. The Morgan fingerprint density at radius 1 is 1.47 bits per heavy atom. The number of imidazole rings is 1. The molecule has 1 aliphatic rings. The first-order chi connectivity index (χ1) is 9.33. The van der Waals surface area contributed by atoms with Crippen LogP contribution in [0.2, 0.25) is 0 Å². The molecular formula is C13H16ClN3O2. The molecule has 0 saturated carbocycles. The fourth-order valence-electron chi connectivity index (χ4n) is 2.49. The Kier molecular flexibility index (Phi) is 3.57. The van der Waals surface area contributed by atoms with Gasteiger partial charge in [-0.3, -0.25) is 0 Å². The van der Waals surface area contributed by atoms with Crippen LogP contribution in [0.15, 0.2) is 12.1 Å². The number of rotatable bonds is 4. The molecular weight excluding hydrogens is 266 g/mol. The van der Waals surface area contributed by atoms with Crippen molar-refractivity contribution in [1.29, 1.82) is 0 Å². The van der Waals surface area contributed by atoms with Crippen molar-refractivity contribution in [1.82, 2.24) is 14.5 Å². The molecule has 2 aromatic heterocycles. The second-order valence-corrected chi connectivity index (χ2v) is 4.93. The van der Waals surface area contributed by atoms with E-state index in [4.69, 9.17) is 21.1 Å². The first-order valence-corrected chi connectivity index (χ1v) is 6.92. The van der Waals surface area contributed by atoms with Gasteiger partial charge in [0.25, 0.3) is 0 Å². The van der Waals surface area contributed by atoms with Crippen molar-refractivity contribution in [2.45, 2.75) is 18.9 Å². The van der Waals surface area contributed by atoms with Crippen molar-refractivity contribution in [2.75, 3.05) is 26.2 Å². The highest BCUT2D eigenvalue weighted by Gasteiger charge is 2.24. The first kappa shape index (κ1) is 12.7. The van der Waals surface area contributed by atoms with E-state index in [1.54, 1.807) is 7.11 Å². The van der Waals surface area contributed by atoms with Gasteiger partial charge in [0.05, 0.1) is 19.8 Å². The average molecular weight is 282 g/mol. The third kappa shape index (κ3) is 2.28. The zero-order valence-electron chi connectivity index (χ0n) is 10.8. The average Bonchev–Trinajstić information content (AvgIpc) is 3.04. The third-order valence-corrected chi connectivity index (χ3v) is 3.57. The summed E-state index contributed by atoms with van der Waals surface area (Å²) in [6.45, 7) is 1.49. The first-order valence-electron chi connectivity index (χ1n) is 6.39. The molecule has 0 N–H and O–H groups in total. The third-order valence-electron chi connectivity index (χ3n) is 3.38. The summed E-state index contributed by atoms with van der Waals surface area (Å²) in [4.78, 5) is 9.15. The summed E-state index contributed by atoms with van der Waals surface area (Å²) in [7, 11) is 1.62. The quantitative estimate of drug-likeness (QED) is 0.806. The van der Waals surface area contributed by atoms with Crippen LogP contribution in [0.5, 0.6) is 5.88 Å². The maximum Gasteiger partial charge on any atom is 0.215 e. The molecule has 1 saturated heterocycles. The smallest absolute Gasteiger partial charge is 0.215 e. The van der Waals surface area contributed by atoms with Crippen LogP contribution in [-0.2, 0) is 11.2 Å². The number of ether oxygens (including phenoxy) is 2. The summed E-state index contributed by atoms with van der Waals surface area (Å²) in [6.07, 6.45) is 1.72. The number of aryl methyl sites for hydroxylation is 1. The highest BCUT2D eigenvalue weighted by atomic mass is 35.5. The summed E-state index contributed by atoms with van der Waals surface area (Å²) in [5.74, 6) is 2.12. The Morgan fingerprint density at radius 3 is 3.05 bits per heavy atom. The van der Waals surface area contributed by atoms with Crippen molar-refractivity contribution in [2.24, 2.45) is 0 Å². The zero-order valence-corrected chi connectivity index (χ0v) is 11.6. The molecule has 1 fully saturated rings. The number of methoxy groups -OCH3 is 1. The Balaban J connectivity index is 2.14. The van der Waals surface area contributed by atoms with Crippen LogP contribution in [-0.4, -0.2) is 40.7 Å². The predicted octanol–water partition coefficient (Wildman–Crippen LogP) is 2.18. The molecule has 0 aromatic carbocycles. The van der Waals surface area contributed by atoms with Crippen LogP contribution in [0.3, 0.4) is 0 Å². The Morgan fingerprint density at radius 2 is 2.37 bits per heavy atom. The minimum atomic E-state index is 0.294. The van der Waals surface area contributed by atoms with Gasteiger partial charge in [0.2, 0.25) is 5.88 Å². The molecule has 0 aliphatic carbocycles. The van der Waals surface area contributed by atoms with E-state index in [-0.39, 0.29) is 0 Å². The van der Waals surface area contributed by atoms with Crippen molar-refractivity contribution < 1.29 is 9.47 Å². The van der Waals surface area contributed by atoms with Crippen LogP contribution < -0.4 is 4.74 Å². The predicted molar refractivity (Wildman–Crippen MR) is 73.0 cm³/mol. The van der Waals surface area contributed by atoms with Gasteiger partial charge in [-0.05, 0) is 12.5 Å². The molecule has 0 radical (unpaired) electrons. The van der Waals surface area contributed by atoms with E-state index >= 15 is 0 Å². The maximum atomic E-state index is 5.87. The van der Waals surface area contributed by atoms with E-state index < -0.39 is 0 Å². The summed E-state index contributed by atoms with van der Waals surface area (Å²) < 4.78 is 12.8. The van der Waals surface area contributed by atoms with Gasteiger partial charge in [-0.1, -0.05) is 0 Å². The van der Waals surface area contributed by atoms with Crippen LogP contribution in [0.1, 0.15) is 18.3 Å². The number of fused-ring (bicyclic) bond motifs is 1. The van der Waals surface area contributed by atoms with E-state index in [2.05, 4.69) is 14.5 Å². The summed E-state index contributed by atoms with van der Waals surface area (Å²) in [6, 6.07) is 4.06. The minimum Gasteiger partial charge on any atom is -0.481 e. The molecule has 102 valence electrons. The molecule has 0 amide bonds. The lowest BCUT2D eigenvalue weighted by Gasteiger charge is -2.14. The molecule has 3 rings (SSSR count). The van der Waals surface area contributed by atoms with E-state index in [1.165, 1.54) is 0 Å². The highest BCUT2D eigenvalue weighted by Crippen LogP contribution is 2.27. The van der Waals surface area contributed by atoms with E-state index in [9.17, 15) is 0 Å². The maximum absolute atomic E-state index is 5.87. The van der Waals surface area contributed by atoms with E-state index in [1.807, 2.05) is 12.1 Å². The molecule has 19 heavy (non-hydrogen) atoms. The Bertz CT molecular complexity index is 579. The molecule has 2 aromatic rings. The monoisotopic (exact) mass is 281 g/mol. The molecule has 0 spiro atoms. The Labute approximate surface area is 116 Å². The topological polar surface area (TPSA) is 49.2 Å². The van der Waals surface area contributed by atoms with Gasteiger partial charge in [0, 0.05) is 25.0 Å². The van der Waals surface area contributed by atoms with Gasteiger partial charge in [-0.25, -0.2) is 4.98 Å². The number of aromatic nitrogens is 3. The number of pyridine rings is 1. The van der Waals surface area contributed by atoms with E-state index in [0.29, 0.717) is 24.4 Å². The number of nitrogens with zero attached hydrogens (tertiary/aromatic N) is 3. The van der Waals surface area contributed by atoms with Crippen molar-refractivity contribution >= 4 is 22.8 Å². The molecule has 6 heteroatoms. The standard InChI is InChI=1S/C13H16ClN3O2/c1-18-12-3-2-10-13(16-12)17(9-5-7-19-8-9)11(15-10)4-6-14/h2-3,9H,4-8H2,1H3. The van der Waals surface area contributed by atoms with Crippen molar-refractivity contribution in [3.63, 3.8) is 0 Å². The SMILES string of the molecule is COc1ccc2nc(CCCl)n(C3CCOC3)c2n1. The van der Waals surface area contributed by atoms with Gasteiger partial charge in [0.15, 0.2) is 5.65 Å². The van der Waals surface area contributed by atoms with Crippen LogP contribution >= 0.6 is 11.6 Å². The second kappa shape index (κ2) is 5.35. The number of alkyl halides is 1. The summed E-state index contributed by atoms with van der Waals surface area (Å²) >= 11 is 5.87. The normalized spacial score (nSPS) is 19.2. The molecule has 3 heterocycles. The van der Waals surface area contributed by atoms with Gasteiger partial charge in [-0.15, -0.1) is 11.6 Å². The van der Waals surface area contributed by atoms with Gasteiger partial charge >= 0.3 is 0 Å². The fourth-order valence-corrected chi connectivity index (χ4v) is 2.66. The lowest BCUT2D eigenvalue weighted by Crippen LogP contribution is -2.13. The lowest BCUT2D eigenvalue weighted by molar-refractivity contribution is 0.186. The summed E-state index contributed by atoms with van der Waals surface area (Å²) in [5, 5.41) is 0. The van der Waals surface area contributed by atoms with Gasteiger partial charge in [0.1, 0.15) is 11.3 Å². The number of halogens is 1. The van der Waals surface area contributed by atoms with Gasteiger partial charge in [-0.2, -0.15) is 4.98 Å². The number of hydrogen-bond donors (Lipinski definition) is 0. The Hall–Kier alpha value is -1.33. The molecule has 1 atom stereocenters. The van der Waals surface area contributed by atoms with Crippen molar-refractivity contribution in [3.05, 3.63) is 18.0 Å².